The normalized spacial score (nSPS) is 21.7. The van der Waals surface area contributed by atoms with E-state index in [-0.39, 0.29) is 13.2 Å². The van der Waals surface area contributed by atoms with Crippen LogP contribution in [0.15, 0.2) is 91.0 Å². The Hall–Kier alpha value is -3.52. The highest BCUT2D eigenvalue weighted by molar-refractivity contribution is 5.89. The van der Waals surface area contributed by atoms with E-state index in [9.17, 15) is 14.7 Å². The van der Waals surface area contributed by atoms with Crippen LogP contribution < -0.4 is 0 Å². The third-order valence-electron chi connectivity index (χ3n) is 5.55. The fourth-order valence-electron chi connectivity index (χ4n) is 3.69. The van der Waals surface area contributed by atoms with Crippen molar-refractivity contribution < 1.29 is 33.6 Å². The van der Waals surface area contributed by atoms with Gasteiger partial charge in [0.05, 0.1) is 24.3 Å². The minimum Gasteiger partial charge on any atom is -0.459 e. The van der Waals surface area contributed by atoms with Crippen molar-refractivity contribution in [3.05, 3.63) is 108 Å². The van der Waals surface area contributed by atoms with Gasteiger partial charge in [0.1, 0.15) is 18.8 Å². The molecule has 0 radical (unpaired) electrons. The minimum atomic E-state index is -1.21. The van der Waals surface area contributed by atoms with Gasteiger partial charge >= 0.3 is 11.9 Å². The van der Waals surface area contributed by atoms with Crippen LogP contribution in [0.4, 0.5) is 0 Å². The summed E-state index contributed by atoms with van der Waals surface area (Å²) in [7, 11) is 0. The summed E-state index contributed by atoms with van der Waals surface area (Å²) < 4.78 is 22.5. The maximum Gasteiger partial charge on any atom is 0.340 e. The average Bonchev–Trinajstić information content (AvgIpc) is 3.18. The lowest BCUT2D eigenvalue weighted by atomic mass is 10.00. The van der Waals surface area contributed by atoms with Crippen LogP contribution in [-0.2, 0) is 25.6 Å². The zero-order valence-electron chi connectivity index (χ0n) is 18.5. The molecular weight excluding hydrogens is 436 g/mol. The predicted octanol–water partition coefficient (Wildman–Crippen LogP) is 3.62. The summed E-state index contributed by atoms with van der Waals surface area (Å²) in [4.78, 5) is 24.9. The molecule has 1 saturated heterocycles. The first kappa shape index (κ1) is 23.6. The van der Waals surface area contributed by atoms with Gasteiger partial charge < -0.3 is 24.1 Å². The third kappa shape index (κ3) is 6.08. The van der Waals surface area contributed by atoms with Gasteiger partial charge in [0.2, 0.25) is 6.29 Å². The molecule has 34 heavy (non-hydrogen) atoms. The van der Waals surface area contributed by atoms with Crippen molar-refractivity contribution in [3.63, 3.8) is 0 Å². The molecule has 3 aromatic rings. The maximum atomic E-state index is 12.5. The Labute approximate surface area is 197 Å². The van der Waals surface area contributed by atoms with Crippen LogP contribution in [0.2, 0.25) is 0 Å². The van der Waals surface area contributed by atoms with Gasteiger partial charge in [0.25, 0.3) is 0 Å². The zero-order valence-corrected chi connectivity index (χ0v) is 18.5. The number of carbonyl (C=O) groups is 2. The van der Waals surface area contributed by atoms with Crippen molar-refractivity contribution in [2.24, 2.45) is 5.92 Å². The summed E-state index contributed by atoms with van der Waals surface area (Å²) >= 11 is 0. The molecule has 7 nitrogen and oxygen atoms in total. The van der Waals surface area contributed by atoms with Crippen LogP contribution in [0.1, 0.15) is 26.3 Å². The second-order valence-electron chi connectivity index (χ2n) is 7.93. The van der Waals surface area contributed by atoms with E-state index in [0.717, 1.165) is 5.56 Å². The number of aliphatic hydroxyl groups is 1. The lowest BCUT2D eigenvalue weighted by molar-refractivity contribution is -0.139. The quantitative estimate of drug-likeness (QED) is 0.486. The number of esters is 2. The highest BCUT2D eigenvalue weighted by Gasteiger charge is 2.46. The Balaban J connectivity index is 1.40. The van der Waals surface area contributed by atoms with Crippen LogP contribution in [-0.4, -0.2) is 48.8 Å². The fraction of sp³-hybridized carbons (Fsp3) is 0.259. The maximum absolute atomic E-state index is 12.5. The van der Waals surface area contributed by atoms with Gasteiger partial charge in [-0.15, -0.1) is 0 Å². The molecule has 1 heterocycles. The lowest BCUT2D eigenvalue weighted by Crippen LogP contribution is -2.34. The molecule has 2 unspecified atom stereocenters. The summed E-state index contributed by atoms with van der Waals surface area (Å²) in [6, 6.07) is 26.7. The van der Waals surface area contributed by atoms with E-state index >= 15 is 0 Å². The SMILES string of the molecule is O=C(OC[C@H]1O[C@@H](OC(=O)c2ccccc2)C(O)C1COCc1ccccc1)c1ccccc1. The molecule has 0 aliphatic carbocycles. The molecule has 4 rings (SSSR count). The number of rotatable bonds is 9. The number of hydrogen-bond acceptors (Lipinski definition) is 7. The van der Waals surface area contributed by atoms with Crippen molar-refractivity contribution in [2.45, 2.75) is 25.1 Å². The first-order valence-corrected chi connectivity index (χ1v) is 11.0. The molecule has 0 amide bonds. The molecule has 7 heteroatoms. The van der Waals surface area contributed by atoms with Gasteiger partial charge in [0, 0.05) is 5.92 Å². The number of ether oxygens (including phenoxy) is 4. The number of carbonyl (C=O) groups excluding carboxylic acids is 2. The Morgan fingerprint density at radius 1 is 0.765 bits per heavy atom. The van der Waals surface area contributed by atoms with Crippen molar-refractivity contribution in [1.82, 2.24) is 0 Å². The summed E-state index contributed by atoms with van der Waals surface area (Å²) in [6.07, 6.45) is -3.07. The fourth-order valence-corrected chi connectivity index (χ4v) is 3.69. The highest BCUT2D eigenvalue weighted by atomic mass is 16.7. The molecule has 1 aliphatic rings. The molecule has 1 N–H and O–H groups in total. The largest absolute Gasteiger partial charge is 0.459 e. The van der Waals surface area contributed by atoms with Crippen molar-refractivity contribution in [3.8, 4) is 0 Å². The van der Waals surface area contributed by atoms with Gasteiger partial charge in [-0.3, -0.25) is 0 Å². The molecule has 0 saturated carbocycles. The van der Waals surface area contributed by atoms with E-state index in [0.29, 0.717) is 17.7 Å². The summed E-state index contributed by atoms with van der Waals surface area (Å²) in [5, 5.41) is 10.9. The Morgan fingerprint density at radius 3 is 1.94 bits per heavy atom. The molecule has 0 spiro atoms. The van der Waals surface area contributed by atoms with Crippen LogP contribution in [0.25, 0.3) is 0 Å². The van der Waals surface area contributed by atoms with E-state index < -0.39 is 36.4 Å². The van der Waals surface area contributed by atoms with Crippen LogP contribution in [0.5, 0.6) is 0 Å². The molecular formula is C27H26O7. The molecule has 0 bridgehead atoms. The van der Waals surface area contributed by atoms with E-state index in [1.165, 1.54) is 0 Å². The summed E-state index contributed by atoms with van der Waals surface area (Å²) in [6.45, 7) is 0.349. The molecule has 1 fully saturated rings. The van der Waals surface area contributed by atoms with Gasteiger partial charge in [0.15, 0.2) is 0 Å². The van der Waals surface area contributed by atoms with Gasteiger partial charge in [-0.1, -0.05) is 66.7 Å². The van der Waals surface area contributed by atoms with E-state index in [4.69, 9.17) is 18.9 Å². The lowest BCUT2D eigenvalue weighted by Gasteiger charge is -2.20. The summed E-state index contributed by atoms with van der Waals surface area (Å²) in [5.74, 6) is -1.69. The average molecular weight is 462 g/mol. The Morgan fingerprint density at radius 2 is 1.32 bits per heavy atom. The number of aliphatic hydroxyl groups excluding tert-OH is 1. The minimum absolute atomic E-state index is 0.121. The molecule has 176 valence electrons. The first-order valence-electron chi connectivity index (χ1n) is 11.0. The topological polar surface area (TPSA) is 91.3 Å². The second kappa shape index (κ2) is 11.6. The second-order valence-corrected chi connectivity index (χ2v) is 7.93. The first-order chi connectivity index (χ1) is 16.6. The molecule has 1 aliphatic heterocycles. The van der Waals surface area contributed by atoms with E-state index in [2.05, 4.69) is 0 Å². The molecule has 0 aromatic heterocycles. The Bertz CT molecular complexity index is 1060. The van der Waals surface area contributed by atoms with Crippen LogP contribution in [0, 0.1) is 5.92 Å². The zero-order chi connectivity index (χ0) is 23.8. The number of benzene rings is 3. The highest BCUT2D eigenvalue weighted by Crippen LogP contribution is 2.30. The van der Waals surface area contributed by atoms with Gasteiger partial charge in [-0.05, 0) is 29.8 Å². The summed E-state index contributed by atoms with van der Waals surface area (Å²) in [5.41, 5.74) is 1.73. The van der Waals surface area contributed by atoms with Gasteiger partial charge in [-0.2, -0.15) is 0 Å². The van der Waals surface area contributed by atoms with Crippen molar-refractivity contribution >= 4 is 11.9 Å². The molecule has 3 aromatic carbocycles. The monoisotopic (exact) mass is 462 g/mol. The third-order valence-corrected chi connectivity index (χ3v) is 5.55. The smallest absolute Gasteiger partial charge is 0.340 e. The standard InChI is InChI=1S/C27H26O7/c28-24-22(17-31-16-19-10-4-1-5-11-19)23(18-32-25(29)20-12-6-2-7-13-20)33-27(24)34-26(30)21-14-8-3-9-15-21/h1-15,22-24,27-28H,16-18H2/t22?,23-,24?,27+/m1/s1. The van der Waals surface area contributed by atoms with Crippen LogP contribution in [0.3, 0.4) is 0 Å². The van der Waals surface area contributed by atoms with E-state index in [1.807, 2.05) is 30.3 Å². The Kier molecular flexibility index (Phi) is 8.04. The van der Waals surface area contributed by atoms with Crippen molar-refractivity contribution in [1.29, 1.82) is 0 Å². The molecule has 4 atom stereocenters. The van der Waals surface area contributed by atoms with Crippen molar-refractivity contribution in [2.75, 3.05) is 13.2 Å². The van der Waals surface area contributed by atoms with Crippen LogP contribution >= 0.6 is 0 Å². The van der Waals surface area contributed by atoms with E-state index in [1.54, 1.807) is 60.7 Å². The van der Waals surface area contributed by atoms with Gasteiger partial charge in [-0.25, -0.2) is 9.59 Å². The predicted molar refractivity (Wildman–Crippen MR) is 123 cm³/mol. The number of hydrogen-bond donors (Lipinski definition) is 1.